The highest BCUT2D eigenvalue weighted by Gasteiger charge is 2.25. The van der Waals surface area contributed by atoms with Gasteiger partial charge in [0.2, 0.25) is 5.91 Å². The largest absolute Gasteiger partial charge is 0.394 e. The lowest BCUT2D eigenvalue weighted by molar-refractivity contribution is -0.136. The second-order valence-corrected chi connectivity index (χ2v) is 5.31. The first-order chi connectivity index (χ1) is 8.72. The molecule has 0 saturated carbocycles. The lowest BCUT2D eigenvalue weighted by Gasteiger charge is -2.35. The van der Waals surface area contributed by atoms with E-state index in [1.54, 1.807) is 0 Å². The number of nitrogens with zero attached hydrogens (tertiary/aromatic N) is 1. The number of nitrogens with two attached hydrogens (primary N) is 1. The van der Waals surface area contributed by atoms with Gasteiger partial charge in [-0.25, -0.2) is 0 Å². The third-order valence-electron chi connectivity index (χ3n) is 4.08. The molecule has 1 saturated heterocycles. The van der Waals surface area contributed by atoms with Gasteiger partial charge < -0.3 is 15.7 Å². The average molecular weight is 256 g/mol. The number of carbonyl (C=O) groups is 1. The number of likely N-dealkylation sites (tertiary alicyclic amines) is 1. The number of rotatable bonds is 7. The third-order valence-corrected chi connectivity index (χ3v) is 4.08. The van der Waals surface area contributed by atoms with Gasteiger partial charge in [-0.2, -0.15) is 0 Å². The number of amides is 1. The number of aliphatic hydroxyl groups is 1. The van der Waals surface area contributed by atoms with E-state index in [2.05, 4.69) is 6.92 Å². The minimum Gasteiger partial charge on any atom is -0.394 e. The summed E-state index contributed by atoms with van der Waals surface area (Å²) in [5, 5.41) is 9.31. The maximum Gasteiger partial charge on any atom is 0.222 e. The maximum absolute atomic E-state index is 12.2. The molecular formula is C14H28N2O2. The SMILES string of the molecule is CCC(CCN)CCC(=O)N1CCCCC1CO. The molecule has 106 valence electrons. The molecule has 0 aromatic rings. The standard InChI is InChI=1S/C14H28N2O2/c1-2-12(8-9-15)6-7-14(18)16-10-4-3-5-13(16)11-17/h12-13,17H,2-11,15H2,1H3. The van der Waals surface area contributed by atoms with Gasteiger partial charge in [0.15, 0.2) is 0 Å². The molecule has 2 atom stereocenters. The van der Waals surface area contributed by atoms with E-state index in [1.807, 2.05) is 4.90 Å². The van der Waals surface area contributed by atoms with Crippen molar-refractivity contribution >= 4 is 5.91 Å². The topological polar surface area (TPSA) is 66.6 Å². The van der Waals surface area contributed by atoms with Gasteiger partial charge in [-0.3, -0.25) is 4.79 Å². The van der Waals surface area contributed by atoms with Crippen LogP contribution in [0.25, 0.3) is 0 Å². The van der Waals surface area contributed by atoms with Crippen molar-refractivity contribution in [1.82, 2.24) is 4.90 Å². The number of hydrogen-bond donors (Lipinski definition) is 2. The van der Waals surface area contributed by atoms with Crippen molar-refractivity contribution in [2.75, 3.05) is 19.7 Å². The van der Waals surface area contributed by atoms with Crippen LogP contribution in [0, 0.1) is 5.92 Å². The van der Waals surface area contributed by atoms with Crippen LogP contribution < -0.4 is 5.73 Å². The molecule has 1 rings (SSSR count). The van der Waals surface area contributed by atoms with Crippen molar-refractivity contribution in [3.05, 3.63) is 0 Å². The van der Waals surface area contributed by atoms with E-state index in [0.717, 1.165) is 45.1 Å². The Morgan fingerprint density at radius 2 is 2.22 bits per heavy atom. The molecular weight excluding hydrogens is 228 g/mol. The Bertz CT molecular complexity index is 246. The van der Waals surface area contributed by atoms with Gasteiger partial charge in [0.1, 0.15) is 0 Å². The smallest absolute Gasteiger partial charge is 0.222 e. The van der Waals surface area contributed by atoms with Gasteiger partial charge in [0.25, 0.3) is 0 Å². The lowest BCUT2D eigenvalue weighted by atomic mass is 9.95. The summed E-state index contributed by atoms with van der Waals surface area (Å²) in [5.41, 5.74) is 5.57. The maximum atomic E-state index is 12.2. The van der Waals surface area contributed by atoms with E-state index in [1.165, 1.54) is 0 Å². The zero-order valence-corrected chi connectivity index (χ0v) is 11.6. The Hall–Kier alpha value is -0.610. The van der Waals surface area contributed by atoms with E-state index in [4.69, 9.17) is 5.73 Å². The van der Waals surface area contributed by atoms with E-state index in [-0.39, 0.29) is 18.6 Å². The molecule has 2 unspecified atom stereocenters. The summed E-state index contributed by atoms with van der Waals surface area (Å²) in [6.07, 6.45) is 6.78. The van der Waals surface area contributed by atoms with Crippen molar-refractivity contribution in [1.29, 1.82) is 0 Å². The molecule has 0 spiro atoms. The first kappa shape index (κ1) is 15.4. The molecule has 0 bridgehead atoms. The van der Waals surface area contributed by atoms with Crippen molar-refractivity contribution in [3.63, 3.8) is 0 Å². The molecule has 3 N–H and O–H groups in total. The fourth-order valence-corrected chi connectivity index (χ4v) is 2.78. The third kappa shape index (κ3) is 4.58. The first-order valence-corrected chi connectivity index (χ1v) is 7.33. The van der Waals surface area contributed by atoms with E-state index >= 15 is 0 Å². The van der Waals surface area contributed by atoms with Crippen LogP contribution in [0.15, 0.2) is 0 Å². The molecule has 0 radical (unpaired) electrons. The summed E-state index contributed by atoms with van der Waals surface area (Å²) in [4.78, 5) is 14.1. The average Bonchev–Trinajstić information content (AvgIpc) is 2.42. The molecule has 18 heavy (non-hydrogen) atoms. The van der Waals surface area contributed by atoms with E-state index < -0.39 is 0 Å². The predicted octanol–water partition coefficient (Wildman–Crippen LogP) is 1.51. The van der Waals surface area contributed by atoms with E-state index in [0.29, 0.717) is 18.9 Å². The van der Waals surface area contributed by atoms with Gasteiger partial charge in [-0.15, -0.1) is 0 Å². The van der Waals surface area contributed by atoms with Gasteiger partial charge in [-0.1, -0.05) is 13.3 Å². The van der Waals surface area contributed by atoms with Crippen LogP contribution in [-0.2, 0) is 4.79 Å². The number of carbonyl (C=O) groups excluding carboxylic acids is 1. The van der Waals surface area contributed by atoms with Crippen LogP contribution >= 0.6 is 0 Å². The van der Waals surface area contributed by atoms with Crippen LogP contribution in [0.2, 0.25) is 0 Å². The van der Waals surface area contributed by atoms with Crippen molar-refractivity contribution in [2.45, 2.75) is 57.9 Å². The van der Waals surface area contributed by atoms with Gasteiger partial charge >= 0.3 is 0 Å². The summed E-state index contributed by atoms with van der Waals surface area (Å²) in [6.45, 7) is 3.78. The highest BCUT2D eigenvalue weighted by atomic mass is 16.3. The Morgan fingerprint density at radius 3 is 2.83 bits per heavy atom. The second kappa shape index (κ2) is 8.48. The molecule has 1 aliphatic heterocycles. The quantitative estimate of drug-likeness (QED) is 0.725. The minimum atomic E-state index is 0.0563. The predicted molar refractivity (Wildman–Crippen MR) is 73.1 cm³/mol. The fraction of sp³-hybridized carbons (Fsp3) is 0.929. The van der Waals surface area contributed by atoms with Crippen LogP contribution in [0.5, 0.6) is 0 Å². The highest BCUT2D eigenvalue weighted by Crippen LogP contribution is 2.20. The van der Waals surface area contributed by atoms with Gasteiger partial charge in [0.05, 0.1) is 12.6 Å². The second-order valence-electron chi connectivity index (χ2n) is 5.31. The lowest BCUT2D eigenvalue weighted by Crippen LogP contribution is -2.45. The van der Waals surface area contributed by atoms with Crippen LogP contribution in [0.3, 0.4) is 0 Å². The zero-order chi connectivity index (χ0) is 13.4. The molecule has 1 heterocycles. The molecule has 1 amide bonds. The van der Waals surface area contributed by atoms with Crippen LogP contribution in [0.4, 0.5) is 0 Å². The molecule has 0 aliphatic carbocycles. The summed E-state index contributed by atoms with van der Waals surface area (Å²) in [5.74, 6) is 0.778. The number of hydrogen-bond acceptors (Lipinski definition) is 3. The highest BCUT2D eigenvalue weighted by molar-refractivity contribution is 5.76. The molecule has 0 aromatic heterocycles. The zero-order valence-electron chi connectivity index (χ0n) is 11.6. The number of aliphatic hydroxyl groups excluding tert-OH is 1. The first-order valence-electron chi connectivity index (χ1n) is 7.33. The van der Waals surface area contributed by atoms with Crippen molar-refractivity contribution < 1.29 is 9.90 Å². The summed E-state index contributed by atoms with van der Waals surface area (Å²) >= 11 is 0. The van der Waals surface area contributed by atoms with Gasteiger partial charge in [0, 0.05) is 13.0 Å². The molecule has 1 fully saturated rings. The normalized spacial score (nSPS) is 21.9. The van der Waals surface area contributed by atoms with Gasteiger partial charge in [-0.05, 0) is 44.6 Å². The fourth-order valence-electron chi connectivity index (χ4n) is 2.78. The van der Waals surface area contributed by atoms with Crippen molar-refractivity contribution in [3.8, 4) is 0 Å². The Labute approximate surface area is 111 Å². The summed E-state index contributed by atoms with van der Waals surface area (Å²) in [6, 6.07) is 0.0563. The molecule has 1 aliphatic rings. The van der Waals surface area contributed by atoms with Crippen molar-refractivity contribution in [2.24, 2.45) is 11.7 Å². The molecule has 4 nitrogen and oxygen atoms in total. The van der Waals surface area contributed by atoms with Crippen LogP contribution in [-0.4, -0.2) is 41.7 Å². The molecule has 0 aromatic carbocycles. The van der Waals surface area contributed by atoms with E-state index in [9.17, 15) is 9.90 Å². The Balaban J connectivity index is 2.38. The monoisotopic (exact) mass is 256 g/mol. The Morgan fingerprint density at radius 1 is 1.44 bits per heavy atom. The van der Waals surface area contributed by atoms with Crippen LogP contribution in [0.1, 0.15) is 51.9 Å². The summed E-state index contributed by atoms with van der Waals surface area (Å²) in [7, 11) is 0. The Kier molecular flexibility index (Phi) is 7.28. The number of piperidine rings is 1. The minimum absolute atomic E-state index is 0.0563. The summed E-state index contributed by atoms with van der Waals surface area (Å²) < 4.78 is 0. The molecule has 4 heteroatoms.